The summed E-state index contributed by atoms with van der Waals surface area (Å²) in [5, 5.41) is 13.6. The molecule has 0 aliphatic heterocycles. The third kappa shape index (κ3) is 4.28. The number of carboxylic acids is 1. The van der Waals surface area contributed by atoms with Crippen LogP contribution in [0.3, 0.4) is 0 Å². The highest BCUT2D eigenvalue weighted by atomic mass is 16.4. The van der Waals surface area contributed by atoms with E-state index in [1.807, 2.05) is 60.7 Å². The van der Waals surface area contributed by atoms with Crippen molar-refractivity contribution in [2.75, 3.05) is 5.32 Å². The molecule has 0 heterocycles. The van der Waals surface area contributed by atoms with Crippen LogP contribution >= 0.6 is 0 Å². The Balaban J connectivity index is 1.71. The van der Waals surface area contributed by atoms with Gasteiger partial charge in [-0.3, -0.25) is 4.79 Å². The molecule has 0 fully saturated rings. The van der Waals surface area contributed by atoms with E-state index in [1.165, 1.54) is 6.08 Å². The monoisotopic (exact) mass is 393 g/mol. The van der Waals surface area contributed by atoms with E-state index >= 15 is 0 Å². The Kier molecular flexibility index (Phi) is 5.39. The molecular weight excluding hydrogens is 374 g/mol. The lowest BCUT2D eigenvalue weighted by Gasteiger charge is -2.12. The number of rotatable bonds is 5. The molecule has 30 heavy (non-hydrogen) atoms. The van der Waals surface area contributed by atoms with Crippen LogP contribution in [0.4, 0.5) is 5.69 Å². The number of amides is 1. The number of fused-ring (bicyclic) bond motifs is 1. The van der Waals surface area contributed by atoms with Crippen LogP contribution in [0.15, 0.2) is 97.1 Å². The van der Waals surface area contributed by atoms with E-state index in [-0.39, 0.29) is 5.91 Å². The molecule has 4 heteroatoms. The smallest absolute Gasteiger partial charge is 0.328 e. The van der Waals surface area contributed by atoms with Gasteiger partial charge >= 0.3 is 5.97 Å². The molecule has 1 amide bonds. The number of carboxylic acid groups (broad SMARTS) is 1. The maximum Gasteiger partial charge on any atom is 0.328 e. The summed E-state index contributed by atoms with van der Waals surface area (Å²) in [4.78, 5) is 23.9. The average Bonchev–Trinajstić information content (AvgIpc) is 2.77. The van der Waals surface area contributed by atoms with Crippen molar-refractivity contribution in [2.24, 2.45) is 0 Å². The van der Waals surface area contributed by atoms with Gasteiger partial charge in [-0.2, -0.15) is 0 Å². The molecule has 0 unspecified atom stereocenters. The maximum atomic E-state index is 13.2. The molecule has 4 aromatic rings. The topological polar surface area (TPSA) is 66.4 Å². The SMILES string of the molecule is O=C(O)/C=C/c1cccc(NC(=O)c2cc(-c3ccccc3)cc3ccccc23)c1. The quantitative estimate of drug-likeness (QED) is 0.418. The van der Waals surface area contributed by atoms with Crippen LogP contribution in [0.1, 0.15) is 15.9 Å². The number of benzene rings is 4. The second-order valence-corrected chi connectivity index (χ2v) is 6.86. The van der Waals surface area contributed by atoms with Gasteiger partial charge in [0.15, 0.2) is 0 Å². The first-order valence-electron chi connectivity index (χ1n) is 9.51. The summed E-state index contributed by atoms with van der Waals surface area (Å²) in [6.07, 6.45) is 2.56. The molecular formula is C26H19NO3. The highest BCUT2D eigenvalue weighted by Crippen LogP contribution is 2.28. The normalized spacial score (nSPS) is 10.9. The Hall–Kier alpha value is -4.18. The molecule has 0 bridgehead atoms. The molecule has 0 spiro atoms. The Morgan fingerprint density at radius 2 is 1.53 bits per heavy atom. The molecule has 4 nitrogen and oxygen atoms in total. The maximum absolute atomic E-state index is 13.2. The Morgan fingerprint density at radius 3 is 2.33 bits per heavy atom. The molecule has 0 aromatic heterocycles. The van der Waals surface area contributed by atoms with Crippen LogP contribution in [0, 0.1) is 0 Å². The van der Waals surface area contributed by atoms with Crippen molar-refractivity contribution >= 4 is 34.4 Å². The molecule has 146 valence electrons. The molecule has 0 saturated heterocycles. The standard InChI is InChI=1S/C26H19NO3/c28-25(29)14-13-18-7-6-11-22(15-18)27-26(30)24-17-21(19-8-2-1-3-9-19)16-20-10-4-5-12-23(20)24/h1-17H,(H,27,30)(H,28,29)/b14-13+. The van der Waals surface area contributed by atoms with E-state index in [0.29, 0.717) is 16.8 Å². The van der Waals surface area contributed by atoms with Crippen LogP contribution in [0.5, 0.6) is 0 Å². The minimum absolute atomic E-state index is 0.219. The van der Waals surface area contributed by atoms with Crippen molar-refractivity contribution in [3.05, 3.63) is 108 Å². The van der Waals surface area contributed by atoms with Gasteiger partial charge in [0.1, 0.15) is 0 Å². The highest BCUT2D eigenvalue weighted by Gasteiger charge is 2.13. The molecule has 0 aliphatic rings. The summed E-state index contributed by atoms with van der Waals surface area (Å²) in [5.74, 6) is -1.24. The fraction of sp³-hybridized carbons (Fsp3) is 0. The minimum Gasteiger partial charge on any atom is -0.478 e. The molecule has 0 atom stereocenters. The van der Waals surface area contributed by atoms with Crippen molar-refractivity contribution in [1.82, 2.24) is 0 Å². The summed E-state index contributed by atoms with van der Waals surface area (Å²) < 4.78 is 0. The van der Waals surface area contributed by atoms with Gasteiger partial charge in [0.05, 0.1) is 0 Å². The summed E-state index contributed by atoms with van der Waals surface area (Å²) in [5.41, 5.74) is 3.88. The molecule has 2 N–H and O–H groups in total. The Bertz CT molecular complexity index is 1260. The number of nitrogens with one attached hydrogen (secondary N) is 1. The first-order chi connectivity index (χ1) is 14.6. The van der Waals surface area contributed by atoms with Gasteiger partial charge in [-0.15, -0.1) is 0 Å². The van der Waals surface area contributed by atoms with Gasteiger partial charge in [-0.1, -0.05) is 66.7 Å². The lowest BCUT2D eigenvalue weighted by Crippen LogP contribution is -2.12. The van der Waals surface area contributed by atoms with Crippen LogP contribution in [-0.2, 0) is 4.79 Å². The van der Waals surface area contributed by atoms with Gasteiger partial charge in [0, 0.05) is 17.3 Å². The van der Waals surface area contributed by atoms with Crippen LogP contribution in [0.25, 0.3) is 28.0 Å². The average molecular weight is 393 g/mol. The second-order valence-electron chi connectivity index (χ2n) is 6.86. The second kappa shape index (κ2) is 8.45. The van der Waals surface area contributed by atoms with E-state index in [1.54, 1.807) is 24.3 Å². The van der Waals surface area contributed by atoms with Crippen LogP contribution in [-0.4, -0.2) is 17.0 Å². The molecule has 4 aromatic carbocycles. The molecule has 0 radical (unpaired) electrons. The number of hydrogen-bond acceptors (Lipinski definition) is 2. The number of anilines is 1. The van der Waals surface area contributed by atoms with E-state index < -0.39 is 5.97 Å². The zero-order chi connectivity index (χ0) is 20.9. The van der Waals surface area contributed by atoms with Crippen molar-refractivity contribution in [3.8, 4) is 11.1 Å². The number of aliphatic carboxylic acids is 1. The zero-order valence-electron chi connectivity index (χ0n) is 16.1. The lowest BCUT2D eigenvalue weighted by molar-refractivity contribution is -0.131. The van der Waals surface area contributed by atoms with Crippen molar-refractivity contribution in [2.45, 2.75) is 0 Å². The van der Waals surface area contributed by atoms with Crippen molar-refractivity contribution in [1.29, 1.82) is 0 Å². The lowest BCUT2D eigenvalue weighted by atomic mass is 9.96. The fourth-order valence-electron chi connectivity index (χ4n) is 3.38. The Morgan fingerprint density at radius 1 is 0.767 bits per heavy atom. The van der Waals surface area contributed by atoms with Crippen molar-refractivity contribution in [3.63, 3.8) is 0 Å². The largest absolute Gasteiger partial charge is 0.478 e. The summed E-state index contributed by atoms with van der Waals surface area (Å²) in [6, 6.07) is 28.8. The summed E-state index contributed by atoms with van der Waals surface area (Å²) >= 11 is 0. The third-order valence-corrected chi connectivity index (χ3v) is 4.78. The van der Waals surface area contributed by atoms with Crippen LogP contribution < -0.4 is 5.32 Å². The first kappa shape index (κ1) is 19.2. The van der Waals surface area contributed by atoms with E-state index in [2.05, 4.69) is 11.4 Å². The minimum atomic E-state index is -1.02. The highest BCUT2D eigenvalue weighted by molar-refractivity contribution is 6.14. The molecule has 0 saturated carbocycles. The summed E-state index contributed by atoms with van der Waals surface area (Å²) in [6.45, 7) is 0. The van der Waals surface area contributed by atoms with Gasteiger partial charge in [0.2, 0.25) is 0 Å². The molecule has 4 rings (SSSR count). The number of carbonyl (C=O) groups excluding carboxylic acids is 1. The van der Waals surface area contributed by atoms with Gasteiger partial charge in [-0.25, -0.2) is 4.79 Å². The fourth-order valence-corrected chi connectivity index (χ4v) is 3.38. The van der Waals surface area contributed by atoms with Crippen LogP contribution in [0.2, 0.25) is 0 Å². The van der Waals surface area contributed by atoms with E-state index in [0.717, 1.165) is 28.0 Å². The predicted octanol–water partition coefficient (Wildman–Crippen LogP) is 5.86. The first-order valence-corrected chi connectivity index (χ1v) is 9.51. The number of carbonyl (C=O) groups is 2. The van der Waals surface area contributed by atoms with Gasteiger partial charge < -0.3 is 10.4 Å². The number of hydrogen-bond donors (Lipinski definition) is 2. The van der Waals surface area contributed by atoms with Crippen molar-refractivity contribution < 1.29 is 14.7 Å². The summed E-state index contributed by atoms with van der Waals surface area (Å²) in [7, 11) is 0. The predicted molar refractivity (Wildman–Crippen MR) is 120 cm³/mol. The third-order valence-electron chi connectivity index (χ3n) is 4.78. The van der Waals surface area contributed by atoms with E-state index in [9.17, 15) is 9.59 Å². The van der Waals surface area contributed by atoms with E-state index in [4.69, 9.17) is 5.11 Å². The van der Waals surface area contributed by atoms with Gasteiger partial charge in [-0.05, 0) is 57.8 Å². The Labute approximate surface area is 174 Å². The zero-order valence-corrected chi connectivity index (χ0v) is 16.1. The van der Waals surface area contributed by atoms with Gasteiger partial charge in [0.25, 0.3) is 5.91 Å². The molecule has 0 aliphatic carbocycles.